The molecule has 2 rings (SSSR count). The van der Waals surface area contributed by atoms with Crippen molar-refractivity contribution < 1.29 is 4.92 Å². The van der Waals surface area contributed by atoms with Gasteiger partial charge in [-0.3, -0.25) is 14.9 Å². The van der Waals surface area contributed by atoms with E-state index in [0.717, 1.165) is 11.3 Å². The third-order valence-electron chi connectivity index (χ3n) is 2.44. The summed E-state index contributed by atoms with van der Waals surface area (Å²) in [5.74, 6) is 0. The van der Waals surface area contributed by atoms with Crippen LogP contribution < -0.4 is 4.74 Å². The fourth-order valence-electron chi connectivity index (χ4n) is 1.49. The molecule has 6 nitrogen and oxygen atoms in total. The third-order valence-corrected chi connectivity index (χ3v) is 4.03. The molecule has 0 N–H and O–H groups in total. The second-order valence-electron chi connectivity index (χ2n) is 3.61. The van der Waals surface area contributed by atoms with Crippen molar-refractivity contribution in [1.29, 1.82) is 5.26 Å². The fraction of sp³-hybridized carbons (Fsp3) is 0.0833. The normalized spacial score (nSPS) is 10.0. The molecule has 1 aromatic heterocycles. The summed E-state index contributed by atoms with van der Waals surface area (Å²) in [6.07, 6.45) is 1.73. The number of nitriles is 1. The van der Waals surface area contributed by atoms with E-state index in [1.807, 2.05) is 6.07 Å². The number of hydrogen-bond donors (Lipinski definition) is 0. The average Bonchev–Trinajstić information content (AvgIpc) is 2.46. The van der Waals surface area contributed by atoms with Crippen molar-refractivity contribution in [2.45, 2.75) is 5.03 Å². The van der Waals surface area contributed by atoms with Crippen molar-refractivity contribution in [3.63, 3.8) is 0 Å². The van der Waals surface area contributed by atoms with E-state index in [2.05, 4.69) is 4.98 Å². The van der Waals surface area contributed by atoms with E-state index >= 15 is 0 Å². The molecule has 1 heterocycles. The standard InChI is InChI=1S/C12H7N3O3S2/c1-19-11-9(6-13)12(16)20-10(14-11)7-2-4-8(5-3-7)15(17)18/h2-5H,1H3. The van der Waals surface area contributed by atoms with Gasteiger partial charge >= 0.3 is 0 Å². The summed E-state index contributed by atoms with van der Waals surface area (Å²) in [6, 6.07) is 7.62. The van der Waals surface area contributed by atoms with Crippen molar-refractivity contribution in [2.75, 3.05) is 6.26 Å². The summed E-state index contributed by atoms with van der Waals surface area (Å²) in [5.41, 5.74) is 0.616. The third kappa shape index (κ3) is 2.68. The number of nitro benzene ring substituents is 1. The second kappa shape index (κ2) is 5.81. The molecule has 0 radical (unpaired) electrons. The Bertz CT molecular complexity index is 763. The van der Waals surface area contributed by atoms with Crippen molar-refractivity contribution in [3.8, 4) is 16.6 Å². The quantitative estimate of drug-likeness (QED) is 0.491. The predicted octanol–water partition coefficient (Wildman–Crippen LogP) is 2.67. The van der Waals surface area contributed by atoms with E-state index in [1.54, 1.807) is 6.26 Å². The van der Waals surface area contributed by atoms with Gasteiger partial charge in [0.25, 0.3) is 10.4 Å². The lowest BCUT2D eigenvalue weighted by Gasteiger charge is -2.03. The van der Waals surface area contributed by atoms with Crippen LogP contribution in [-0.4, -0.2) is 16.2 Å². The largest absolute Gasteiger partial charge is 0.276 e. The molecule has 8 heteroatoms. The van der Waals surface area contributed by atoms with E-state index in [0.29, 0.717) is 15.6 Å². The first-order valence-corrected chi connectivity index (χ1v) is 7.35. The van der Waals surface area contributed by atoms with Crippen LogP contribution in [0.25, 0.3) is 10.6 Å². The Morgan fingerprint density at radius 2 is 2.05 bits per heavy atom. The van der Waals surface area contributed by atoms with Gasteiger partial charge in [-0.2, -0.15) is 5.26 Å². The van der Waals surface area contributed by atoms with E-state index in [1.165, 1.54) is 36.0 Å². The summed E-state index contributed by atoms with van der Waals surface area (Å²) in [7, 11) is 0. The minimum absolute atomic E-state index is 0.0279. The molecule has 0 unspecified atom stereocenters. The van der Waals surface area contributed by atoms with Gasteiger partial charge in [0.2, 0.25) is 0 Å². The molecule has 2 aromatic rings. The molecule has 0 saturated heterocycles. The maximum atomic E-state index is 11.8. The van der Waals surface area contributed by atoms with Crippen molar-refractivity contribution in [2.24, 2.45) is 0 Å². The smallest absolute Gasteiger partial charge is 0.269 e. The molecule has 0 spiro atoms. The molecule has 20 heavy (non-hydrogen) atoms. The first kappa shape index (κ1) is 14.2. The zero-order chi connectivity index (χ0) is 14.7. The molecule has 0 aliphatic heterocycles. The van der Waals surface area contributed by atoms with E-state index in [4.69, 9.17) is 5.26 Å². The zero-order valence-electron chi connectivity index (χ0n) is 10.2. The number of benzene rings is 1. The second-order valence-corrected chi connectivity index (χ2v) is 5.36. The van der Waals surface area contributed by atoms with Crippen molar-refractivity contribution >= 4 is 28.8 Å². The molecule has 100 valence electrons. The number of non-ortho nitro benzene ring substituents is 1. The minimum atomic E-state index is -0.494. The molecule has 0 aliphatic carbocycles. The van der Waals surface area contributed by atoms with Crippen LogP contribution in [0.4, 0.5) is 5.69 Å². The Balaban J connectivity index is 2.54. The van der Waals surface area contributed by atoms with Crippen LogP contribution in [0.15, 0.2) is 34.1 Å². The van der Waals surface area contributed by atoms with E-state index in [9.17, 15) is 14.9 Å². The first-order chi connectivity index (χ1) is 9.56. The van der Waals surface area contributed by atoms with Gasteiger partial charge in [-0.05, 0) is 18.4 Å². The Morgan fingerprint density at radius 3 is 2.55 bits per heavy atom. The highest BCUT2D eigenvalue weighted by Gasteiger charge is 2.13. The molecule has 0 fully saturated rings. The SMILES string of the molecule is CSc1nc(-c2ccc([N+](=O)[O-])cc2)sc(=O)c1C#N. The minimum Gasteiger partial charge on any atom is -0.276 e. The summed E-state index contributed by atoms with van der Waals surface area (Å²) in [5, 5.41) is 20.3. The Labute approximate surface area is 121 Å². The number of hydrogen-bond acceptors (Lipinski definition) is 7. The van der Waals surface area contributed by atoms with E-state index < -0.39 is 4.92 Å². The van der Waals surface area contributed by atoms with Gasteiger partial charge in [0.05, 0.1) is 4.92 Å². The van der Waals surface area contributed by atoms with Gasteiger partial charge in [-0.1, -0.05) is 11.3 Å². The summed E-state index contributed by atoms with van der Waals surface area (Å²) >= 11 is 2.07. The summed E-state index contributed by atoms with van der Waals surface area (Å²) < 4.78 is -0.361. The van der Waals surface area contributed by atoms with Gasteiger partial charge in [0, 0.05) is 17.7 Å². The molecule has 1 aromatic carbocycles. The predicted molar refractivity (Wildman–Crippen MR) is 77.0 cm³/mol. The number of nitrogens with zero attached hydrogens (tertiary/aromatic N) is 3. The van der Waals surface area contributed by atoms with Crippen LogP contribution in [0, 0.1) is 21.4 Å². The number of nitro groups is 1. The molecular formula is C12H7N3O3S2. The maximum absolute atomic E-state index is 11.8. The Kier molecular flexibility index (Phi) is 4.12. The monoisotopic (exact) mass is 305 g/mol. The van der Waals surface area contributed by atoms with Crippen LogP contribution in [0.1, 0.15) is 5.56 Å². The van der Waals surface area contributed by atoms with Crippen LogP contribution >= 0.6 is 23.1 Å². The van der Waals surface area contributed by atoms with Gasteiger partial charge in [-0.25, -0.2) is 4.98 Å². The molecular weight excluding hydrogens is 298 g/mol. The topological polar surface area (TPSA) is 96.9 Å². The molecule has 0 bridgehead atoms. The van der Waals surface area contributed by atoms with E-state index in [-0.39, 0.29) is 16.0 Å². The van der Waals surface area contributed by atoms with Crippen LogP contribution in [0.2, 0.25) is 0 Å². The highest BCUT2D eigenvalue weighted by atomic mass is 32.2. The van der Waals surface area contributed by atoms with Crippen LogP contribution in [0.3, 0.4) is 0 Å². The summed E-state index contributed by atoms with van der Waals surface area (Å²) in [6.45, 7) is 0. The lowest BCUT2D eigenvalue weighted by molar-refractivity contribution is -0.384. The maximum Gasteiger partial charge on any atom is 0.269 e. The van der Waals surface area contributed by atoms with Crippen molar-refractivity contribution in [3.05, 3.63) is 49.5 Å². The fourth-order valence-corrected chi connectivity index (χ4v) is 2.95. The van der Waals surface area contributed by atoms with Gasteiger partial charge in [-0.15, -0.1) is 11.8 Å². The number of rotatable bonds is 3. The molecule has 0 amide bonds. The average molecular weight is 305 g/mol. The zero-order valence-corrected chi connectivity index (χ0v) is 11.8. The lowest BCUT2D eigenvalue weighted by atomic mass is 10.2. The first-order valence-electron chi connectivity index (χ1n) is 5.31. The lowest BCUT2D eigenvalue weighted by Crippen LogP contribution is -2.05. The van der Waals surface area contributed by atoms with Gasteiger partial charge in [0.15, 0.2) is 0 Å². The highest BCUT2D eigenvalue weighted by molar-refractivity contribution is 7.98. The Hall–Kier alpha value is -2.24. The van der Waals surface area contributed by atoms with Crippen molar-refractivity contribution in [1.82, 2.24) is 4.98 Å². The molecule has 0 atom stereocenters. The van der Waals surface area contributed by atoms with Crippen LogP contribution in [-0.2, 0) is 0 Å². The number of aromatic nitrogens is 1. The van der Waals surface area contributed by atoms with Gasteiger partial charge < -0.3 is 0 Å². The highest BCUT2D eigenvalue weighted by Crippen LogP contribution is 2.26. The molecule has 0 saturated carbocycles. The number of thioether (sulfide) groups is 1. The van der Waals surface area contributed by atoms with Gasteiger partial charge in [0.1, 0.15) is 21.7 Å². The molecule has 0 aliphatic rings. The van der Waals surface area contributed by atoms with Crippen LogP contribution in [0.5, 0.6) is 0 Å². The Morgan fingerprint density at radius 1 is 1.40 bits per heavy atom. The summed E-state index contributed by atoms with van der Waals surface area (Å²) in [4.78, 5) is 26.2.